The Morgan fingerprint density at radius 2 is 2.26 bits per heavy atom. The Labute approximate surface area is 154 Å². The molecule has 2 atom stereocenters. The molecule has 142 valence electrons. The molecule has 2 unspecified atom stereocenters. The first-order valence-corrected chi connectivity index (χ1v) is 8.77. The number of pyridine rings is 1. The Kier molecular flexibility index (Phi) is 4.38. The molecule has 0 radical (unpaired) electrons. The van der Waals surface area contributed by atoms with Crippen LogP contribution in [-0.4, -0.2) is 63.0 Å². The summed E-state index contributed by atoms with van der Waals surface area (Å²) in [6.07, 6.45) is 4.21. The standard InChI is InChI=1S/C17H19N5O5/c1-2-22-15-10(7-19-22)14(20-9-3-4-26-13(23)5-9)11(6-18-15)16-21-12(8-27-16)17(24)25/h6-7,9,12H,2-5,8H2,1H3,(H,18,20)(H,24,25). The van der Waals surface area contributed by atoms with Crippen LogP contribution in [0.1, 0.15) is 25.3 Å². The van der Waals surface area contributed by atoms with Crippen molar-refractivity contribution in [1.82, 2.24) is 14.8 Å². The Bertz CT molecular complexity index is 937. The predicted octanol–water partition coefficient (Wildman–Crippen LogP) is 0.799. The summed E-state index contributed by atoms with van der Waals surface area (Å²) in [7, 11) is 0. The molecule has 4 heterocycles. The fraction of sp³-hybridized carbons (Fsp3) is 0.471. The molecule has 2 aliphatic heterocycles. The lowest BCUT2D eigenvalue weighted by Gasteiger charge is -2.24. The highest BCUT2D eigenvalue weighted by Gasteiger charge is 2.30. The van der Waals surface area contributed by atoms with Gasteiger partial charge in [0.1, 0.15) is 6.61 Å². The van der Waals surface area contributed by atoms with Gasteiger partial charge in [0, 0.05) is 25.2 Å². The number of aliphatic imine (C=N–C) groups is 1. The second kappa shape index (κ2) is 6.86. The van der Waals surface area contributed by atoms with Gasteiger partial charge in [0.05, 0.1) is 35.9 Å². The second-order valence-electron chi connectivity index (χ2n) is 6.40. The number of hydrogen-bond donors (Lipinski definition) is 2. The maximum atomic E-state index is 11.6. The number of nitrogens with one attached hydrogen (secondary N) is 1. The van der Waals surface area contributed by atoms with E-state index in [9.17, 15) is 9.59 Å². The number of esters is 1. The molecule has 2 aromatic rings. The molecule has 10 heteroatoms. The van der Waals surface area contributed by atoms with E-state index in [0.29, 0.717) is 36.5 Å². The number of carbonyl (C=O) groups excluding carboxylic acids is 1. The molecule has 2 N–H and O–H groups in total. The van der Waals surface area contributed by atoms with E-state index >= 15 is 0 Å². The minimum atomic E-state index is -1.04. The number of aryl methyl sites for hydroxylation is 1. The van der Waals surface area contributed by atoms with Crippen LogP contribution in [0.2, 0.25) is 0 Å². The lowest BCUT2D eigenvalue weighted by Crippen LogP contribution is -2.31. The van der Waals surface area contributed by atoms with Crippen molar-refractivity contribution in [3.05, 3.63) is 18.0 Å². The van der Waals surface area contributed by atoms with E-state index in [4.69, 9.17) is 14.6 Å². The summed E-state index contributed by atoms with van der Waals surface area (Å²) in [6, 6.07) is -1.05. The summed E-state index contributed by atoms with van der Waals surface area (Å²) in [5.41, 5.74) is 1.93. The lowest BCUT2D eigenvalue weighted by molar-refractivity contribution is -0.147. The third kappa shape index (κ3) is 3.18. The van der Waals surface area contributed by atoms with Gasteiger partial charge in [-0.3, -0.25) is 4.79 Å². The smallest absolute Gasteiger partial charge is 0.332 e. The van der Waals surface area contributed by atoms with Crippen molar-refractivity contribution in [2.75, 3.05) is 18.5 Å². The maximum absolute atomic E-state index is 11.6. The third-order valence-corrected chi connectivity index (χ3v) is 4.62. The van der Waals surface area contributed by atoms with E-state index in [-0.39, 0.29) is 30.9 Å². The van der Waals surface area contributed by atoms with Crippen LogP contribution >= 0.6 is 0 Å². The number of fused-ring (bicyclic) bond motifs is 1. The molecule has 0 bridgehead atoms. The zero-order valence-corrected chi connectivity index (χ0v) is 14.7. The molecule has 0 spiro atoms. The van der Waals surface area contributed by atoms with Gasteiger partial charge in [0.15, 0.2) is 11.7 Å². The minimum Gasteiger partial charge on any atom is -0.480 e. The summed E-state index contributed by atoms with van der Waals surface area (Å²) < 4.78 is 12.3. The number of carbonyl (C=O) groups is 2. The highest BCUT2D eigenvalue weighted by atomic mass is 16.5. The van der Waals surface area contributed by atoms with Crippen LogP contribution in [0.4, 0.5) is 5.69 Å². The second-order valence-corrected chi connectivity index (χ2v) is 6.40. The van der Waals surface area contributed by atoms with Crippen molar-refractivity contribution in [2.45, 2.75) is 38.4 Å². The van der Waals surface area contributed by atoms with Crippen LogP contribution < -0.4 is 5.32 Å². The first-order valence-electron chi connectivity index (χ1n) is 8.77. The van der Waals surface area contributed by atoms with Gasteiger partial charge >= 0.3 is 11.9 Å². The van der Waals surface area contributed by atoms with E-state index < -0.39 is 12.0 Å². The first kappa shape index (κ1) is 17.3. The van der Waals surface area contributed by atoms with E-state index in [1.165, 1.54) is 0 Å². The number of carboxylic acids is 1. The highest BCUT2D eigenvalue weighted by molar-refractivity contribution is 6.07. The van der Waals surface area contributed by atoms with Crippen molar-refractivity contribution >= 4 is 34.6 Å². The van der Waals surface area contributed by atoms with Crippen molar-refractivity contribution in [1.29, 1.82) is 0 Å². The molecular formula is C17H19N5O5. The number of nitrogens with zero attached hydrogens (tertiary/aromatic N) is 4. The van der Waals surface area contributed by atoms with Gasteiger partial charge in [0.25, 0.3) is 0 Å². The fourth-order valence-corrected chi connectivity index (χ4v) is 3.23. The van der Waals surface area contributed by atoms with Crippen LogP contribution in [0.15, 0.2) is 17.4 Å². The summed E-state index contributed by atoms with van der Waals surface area (Å²) in [4.78, 5) is 31.4. The molecule has 0 saturated carbocycles. The Balaban J connectivity index is 1.77. The Morgan fingerprint density at radius 3 is 2.96 bits per heavy atom. The van der Waals surface area contributed by atoms with E-state index in [0.717, 1.165) is 5.39 Å². The minimum absolute atomic E-state index is 0.0217. The van der Waals surface area contributed by atoms with Crippen LogP contribution in [0.5, 0.6) is 0 Å². The molecular weight excluding hydrogens is 354 g/mol. The van der Waals surface area contributed by atoms with Crippen molar-refractivity contribution in [3.8, 4) is 0 Å². The molecule has 2 aromatic heterocycles. The van der Waals surface area contributed by atoms with Gasteiger partial charge in [-0.2, -0.15) is 5.10 Å². The van der Waals surface area contributed by atoms with Crippen molar-refractivity contribution in [3.63, 3.8) is 0 Å². The maximum Gasteiger partial charge on any atom is 0.332 e. The van der Waals surface area contributed by atoms with Crippen LogP contribution in [0.25, 0.3) is 11.0 Å². The van der Waals surface area contributed by atoms with Crippen LogP contribution in [0.3, 0.4) is 0 Å². The third-order valence-electron chi connectivity index (χ3n) is 4.62. The molecule has 27 heavy (non-hydrogen) atoms. The molecule has 0 amide bonds. The monoisotopic (exact) mass is 373 g/mol. The first-order chi connectivity index (χ1) is 13.1. The van der Waals surface area contributed by atoms with Crippen molar-refractivity contribution in [2.24, 2.45) is 4.99 Å². The average molecular weight is 373 g/mol. The van der Waals surface area contributed by atoms with E-state index in [2.05, 4.69) is 20.4 Å². The lowest BCUT2D eigenvalue weighted by atomic mass is 10.1. The van der Waals surface area contributed by atoms with Gasteiger partial charge in [-0.1, -0.05) is 0 Å². The molecule has 0 aliphatic carbocycles. The van der Waals surface area contributed by atoms with Gasteiger partial charge < -0.3 is 19.9 Å². The van der Waals surface area contributed by atoms with Gasteiger partial charge in [0.2, 0.25) is 5.90 Å². The van der Waals surface area contributed by atoms with E-state index in [1.54, 1.807) is 17.1 Å². The average Bonchev–Trinajstić information content (AvgIpc) is 3.29. The zero-order valence-electron chi connectivity index (χ0n) is 14.7. The number of rotatable bonds is 5. The van der Waals surface area contributed by atoms with Gasteiger partial charge in [-0.15, -0.1) is 0 Å². The largest absolute Gasteiger partial charge is 0.480 e. The quantitative estimate of drug-likeness (QED) is 0.737. The molecule has 0 aromatic carbocycles. The number of carboxylic acid groups (broad SMARTS) is 1. The van der Waals surface area contributed by atoms with Crippen LogP contribution in [-0.2, 0) is 25.6 Å². The van der Waals surface area contributed by atoms with Gasteiger partial charge in [-0.05, 0) is 6.92 Å². The SMILES string of the molecule is CCn1ncc2c(NC3CCOC(=O)C3)c(C3=NC(C(=O)O)CO3)cnc21. The normalized spacial score (nSPS) is 22.3. The molecule has 1 saturated heterocycles. The van der Waals surface area contributed by atoms with Crippen molar-refractivity contribution < 1.29 is 24.2 Å². The van der Waals surface area contributed by atoms with Gasteiger partial charge in [-0.25, -0.2) is 19.5 Å². The number of hydrogen-bond acceptors (Lipinski definition) is 8. The molecule has 2 aliphatic rings. The highest BCUT2D eigenvalue weighted by Crippen LogP contribution is 2.30. The molecule has 4 rings (SSSR count). The molecule has 10 nitrogen and oxygen atoms in total. The number of aromatic nitrogens is 3. The fourth-order valence-electron chi connectivity index (χ4n) is 3.23. The summed E-state index contributed by atoms with van der Waals surface area (Å²) in [5.74, 6) is -1.07. The number of ether oxygens (including phenoxy) is 2. The Morgan fingerprint density at radius 1 is 1.41 bits per heavy atom. The number of anilines is 1. The Hall–Kier alpha value is -3.17. The number of cyclic esters (lactones) is 1. The number of aliphatic carboxylic acids is 1. The summed E-state index contributed by atoms with van der Waals surface area (Å²) in [5, 5.41) is 17.6. The topological polar surface area (TPSA) is 128 Å². The van der Waals surface area contributed by atoms with E-state index in [1.807, 2.05) is 6.92 Å². The summed E-state index contributed by atoms with van der Waals surface area (Å²) in [6.45, 7) is 2.95. The summed E-state index contributed by atoms with van der Waals surface area (Å²) >= 11 is 0. The van der Waals surface area contributed by atoms with Crippen LogP contribution in [0, 0.1) is 0 Å². The predicted molar refractivity (Wildman–Crippen MR) is 94.7 cm³/mol. The molecule has 1 fully saturated rings. The zero-order chi connectivity index (χ0) is 19.0.